The molecule has 1 aromatic carbocycles. The van der Waals surface area contributed by atoms with Gasteiger partial charge < -0.3 is 15.0 Å². The van der Waals surface area contributed by atoms with Gasteiger partial charge in [0.15, 0.2) is 5.84 Å². The van der Waals surface area contributed by atoms with E-state index < -0.39 is 5.38 Å². The van der Waals surface area contributed by atoms with Gasteiger partial charge >= 0.3 is 0 Å². The van der Waals surface area contributed by atoms with Crippen molar-refractivity contribution in [2.75, 3.05) is 20.2 Å². The van der Waals surface area contributed by atoms with E-state index in [9.17, 15) is 4.79 Å². The molecule has 2 aliphatic heterocycles. The van der Waals surface area contributed by atoms with Crippen LogP contribution in [0.5, 0.6) is 5.75 Å². The van der Waals surface area contributed by atoms with Crippen LogP contribution in [-0.4, -0.2) is 41.7 Å². The average molecular weight is 462 g/mol. The second-order valence-electron chi connectivity index (χ2n) is 8.16. The number of hydrogen-bond donors (Lipinski definition) is 2. The van der Waals surface area contributed by atoms with Crippen LogP contribution >= 0.6 is 11.6 Å². The number of nitrogens with zero attached hydrogens (tertiary/aromatic N) is 3. The summed E-state index contributed by atoms with van der Waals surface area (Å²) in [6, 6.07) is 11.8. The van der Waals surface area contributed by atoms with Gasteiger partial charge in [-0.15, -0.1) is 11.6 Å². The third-order valence-corrected chi connectivity index (χ3v) is 6.58. The van der Waals surface area contributed by atoms with Gasteiger partial charge in [-0.25, -0.2) is 9.98 Å². The summed E-state index contributed by atoms with van der Waals surface area (Å²) in [6.45, 7) is 2.09. The molecule has 0 saturated carbocycles. The summed E-state index contributed by atoms with van der Waals surface area (Å²) in [5, 5.41) is 2.79. The number of aliphatic imine (C=N–C) groups is 2. The maximum absolute atomic E-state index is 12.7. The number of amidine groups is 1. The van der Waals surface area contributed by atoms with E-state index >= 15 is 0 Å². The molecule has 0 radical (unpaired) electrons. The summed E-state index contributed by atoms with van der Waals surface area (Å²) >= 11 is 6.78. The number of aromatic nitrogens is 2. The van der Waals surface area contributed by atoms with Crippen LogP contribution in [0, 0.1) is 0 Å². The molecule has 33 heavy (non-hydrogen) atoms. The minimum absolute atomic E-state index is 0.269. The molecule has 1 saturated heterocycles. The van der Waals surface area contributed by atoms with Gasteiger partial charge in [0.1, 0.15) is 11.1 Å². The first-order valence-electron chi connectivity index (χ1n) is 11.0. The lowest BCUT2D eigenvalue weighted by molar-refractivity contribution is 0.413. The third-order valence-electron chi connectivity index (χ3n) is 6.14. The Hall–Kier alpha value is -3.29. The molecule has 0 spiro atoms. The highest BCUT2D eigenvalue weighted by molar-refractivity contribution is 6.38. The number of hydrogen-bond acceptors (Lipinski definition) is 5. The molecule has 2 aliphatic rings. The fraction of sp³-hybridized carbons (Fsp3) is 0.280. The standard InChI is InChI=1S/C25H24ClN5O2/c1-33-19-12-17(13-28-14-19)23-22(26)20-8-11-29-25(32)21(20)24(31-23)30-18-4-2-15(3-5-18)16-6-9-27-10-7-16/h2-5,8,11-14,16,22,27H,6-7,9-10H2,1H3,(H,29,32). The molecule has 2 aromatic heterocycles. The molecule has 7 nitrogen and oxygen atoms in total. The topological polar surface area (TPSA) is 91.7 Å². The van der Waals surface area contributed by atoms with Crippen molar-refractivity contribution in [1.82, 2.24) is 15.3 Å². The molecular formula is C25H24ClN5O2. The number of ether oxygens (including phenoxy) is 1. The van der Waals surface area contributed by atoms with Crippen molar-refractivity contribution in [1.29, 1.82) is 0 Å². The molecule has 2 N–H and O–H groups in total. The van der Waals surface area contributed by atoms with Gasteiger partial charge in [-0.3, -0.25) is 9.78 Å². The van der Waals surface area contributed by atoms with Crippen molar-refractivity contribution in [3.63, 3.8) is 0 Å². The van der Waals surface area contributed by atoms with Gasteiger partial charge in [0, 0.05) is 18.0 Å². The highest BCUT2D eigenvalue weighted by Crippen LogP contribution is 2.33. The van der Waals surface area contributed by atoms with Gasteiger partial charge in [0.2, 0.25) is 0 Å². The van der Waals surface area contributed by atoms with Crippen molar-refractivity contribution >= 4 is 28.8 Å². The molecule has 168 valence electrons. The van der Waals surface area contributed by atoms with Crippen LogP contribution in [-0.2, 0) is 0 Å². The van der Waals surface area contributed by atoms with Crippen LogP contribution in [0.25, 0.3) is 0 Å². The predicted octanol–water partition coefficient (Wildman–Crippen LogP) is 4.11. The fourth-order valence-corrected chi connectivity index (χ4v) is 4.73. The van der Waals surface area contributed by atoms with Crippen molar-refractivity contribution in [3.05, 3.63) is 87.6 Å². The van der Waals surface area contributed by atoms with Crippen molar-refractivity contribution in [2.24, 2.45) is 9.98 Å². The number of aromatic amines is 1. The Morgan fingerprint density at radius 3 is 2.67 bits per heavy atom. The molecule has 1 fully saturated rings. The Bertz CT molecular complexity index is 1280. The number of methoxy groups -OCH3 is 1. The molecule has 0 amide bonds. The Morgan fingerprint density at radius 1 is 1.12 bits per heavy atom. The highest BCUT2D eigenvalue weighted by Gasteiger charge is 2.30. The van der Waals surface area contributed by atoms with E-state index in [1.807, 2.05) is 18.2 Å². The summed E-state index contributed by atoms with van der Waals surface area (Å²) in [7, 11) is 1.58. The van der Waals surface area contributed by atoms with E-state index in [2.05, 4.69) is 27.4 Å². The summed E-state index contributed by atoms with van der Waals surface area (Å²) in [5.74, 6) is 1.49. The SMILES string of the molecule is COc1cncc(C2=NC(=Nc3ccc(C4CCNCC4)cc3)c3c(cc[nH]c3=O)C2Cl)c1. The van der Waals surface area contributed by atoms with Crippen LogP contribution < -0.4 is 15.6 Å². The number of pyridine rings is 2. The number of fused-ring (bicyclic) bond motifs is 1. The zero-order valence-electron chi connectivity index (χ0n) is 18.2. The molecular weight excluding hydrogens is 438 g/mol. The second-order valence-corrected chi connectivity index (χ2v) is 8.60. The van der Waals surface area contributed by atoms with E-state index in [0.29, 0.717) is 39.9 Å². The Morgan fingerprint density at radius 2 is 1.91 bits per heavy atom. The maximum Gasteiger partial charge on any atom is 0.259 e. The summed E-state index contributed by atoms with van der Waals surface area (Å²) in [4.78, 5) is 29.1. The van der Waals surface area contributed by atoms with Crippen LogP contribution in [0.3, 0.4) is 0 Å². The number of benzene rings is 1. The Balaban J connectivity index is 1.57. The number of nitrogens with one attached hydrogen (secondary N) is 2. The molecule has 4 heterocycles. The Kier molecular flexibility index (Phi) is 6.07. The summed E-state index contributed by atoms with van der Waals surface area (Å²) in [5.41, 5.74) is 4.12. The minimum Gasteiger partial charge on any atom is -0.495 e. The summed E-state index contributed by atoms with van der Waals surface area (Å²) < 4.78 is 5.30. The number of halogens is 1. The zero-order chi connectivity index (χ0) is 22.8. The van der Waals surface area contributed by atoms with Gasteiger partial charge in [0.05, 0.1) is 30.3 Å². The average Bonchev–Trinajstić information content (AvgIpc) is 2.87. The van der Waals surface area contributed by atoms with Gasteiger partial charge in [0.25, 0.3) is 5.56 Å². The lowest BCUT2D eigenvalue weighted by Gasteiger charge is -2.23. The first-order chi connectivity index (χ1) is 16.1. The van der Waals surface area contributed by atoms with Crippen molar-refractivity contribution in [3.8, 4) is 5.75 Å². The largest absolute Gasteiger partial charge is 0.495 e. The second kappa shape index (κ2) is 9.29. The van der Waals surface area contributed by atoms with Gasteiger partial charge in [-0.1, -0.05) is 12.1 Å². The molecule has 0 aliphatic carbocycles. The molecule has 3 aromatic rings. The summed E-state index contributed by atoms with van der Waals surface area (Å²) in [6.07, 6.45) is 7.16. The van der Waals surface area contributed by atoms with Gasteiger partial charge in [-0.05, 0) is 67.2 Å². The maximum atomic E-state index is 12.7. The van der Waals surface area contributed by atoms with Crippen LogP contribution in [0.15, 0.2) is 69.8 Å². The van der Waals surface area contributed by atoms with Crippen LogP contribution in [0.4, 0.5) is 5.69 Å². The van der Waals surface area contributed by atoms with Crippen molar-refractivity contribution < 1.29 is 4.74 Å². The molecule has 0 bridgehead atoms. The third kappa shape index (κ3) is 4.34. The fourth-order valence-electron chi connectivity index (χ4n) is 4.37. The predicted molar refractivity (Wildman–Crippen MR) is 130 cm³/mol. The lowest BCUT2D eigenvalue weighted by atomic mass is 9.90. The van der Waals surface area contributed by atoms with Gasteiger partial charge in [-0.2, -0.15) is 0 Å². The number of rotatable bonds is 4. The zero-order valence-corrected chi connectivity index (χ0v) is 19.0. The highest BCUT2D eigenvalue weighted by atomic mass is 35.5. The number of alkyl halides is 1. The lowest BCUT2D eigenvalue weighted by Crippen LogP contribution is -2.28. The van der Waals surface area contributed by atoms with E-state index in [4.69, 9.17) is 26.3 Å². The number of piperidine rings is 1. The van der Waals surface area contributed by atoms with Crippen LogP contribution in [0.1, 0.15) is 46.4 Å². The van der Waals surface area contributed by atoms with E-state index in [-0.39, 0.29) is 5.56 Å². The molecule has 8 heteroatoms. The first kappa shape index (κ1) is 21.6. The minimum atomic E-state index is -0.613. The molecule has 1 unspecified atom stereocenters. The van der Waals surface area contributed by atoms with E-state index in [1.165, 1.54) is 5.56 Å². The first-order valence-corrected chi connectivity index (χ1v) is 11.4. The molecule has 1 atom stereocenters. The smallest absolute Gasteiger partial charge is 0.259 e. The van der Waals surface area contributed by atoms with Crippen molar-refractivity contribution in [2.45, 2.75) is 24.1 Å². The Labute approximate surface area is 196 Å². The van der Waals surface area contributed by atoms with E-state index in [1.54, 1.807) is 31.8 Å². The van der Waals surface area contributed by atoms with Crippen LogP contribution in [0.2, 0.25) is 0 Å². The normalized spacial score (nSPS) is 19.8. The quantitative estimate of drug-likeness (QED) is 0.572. The number of H-pyrrole nitrogens is 1. The monoisotopic (exact) mass is 461 g/mol. The molecule has 5 rings (SSSR count). The van der Waals surface area contributed by atoms with E-state index in [0.717, 1.165) is 31.6 Å².